The zero-order chi connectivity index (χ0) is 15.9. The Hall–Kier alpha value is -2.21. The summed E-state index contributed by atoms with van der Waals surface area (Å²) in [7, 11) is 0. The third kappa shape index (κ3) is 2.39. The largest absolute Gasteiger partial charge is 0.380 e. The van der Waals surface area contributed by atoms with E-state index in [4.69, 9.17) is 5.73 Å². The molecule has 22 heavy (non-hydrogen) atoms. The summed E-state index contributed by atoms with van der Waals surface area (Å²) in [5, 5.41) is 11.2. The van der Waals surface area contributed by atoms with E-state index in [1.807, 2.05) is 0 Å². The normalized spacial score (nSPS) is 17.7. The molecule has 0 unspecified atom stereocenters. The molecule has 1 aliphatic rings. The fraction of sp³-hybridized carbons (Fsp3) is 0.438. The van der Waals surface area contributed by atoms with E-state index in [-0.39, 0.29) is 0 Å². The Morgan fingerprint density at radius 2 is 1.86 bits per heavy atom. The van der Waals surface area contributed by atoms with E-state index in [1.54, 1.807) is 6.33 Å². The van der Waals surface area contributed by atoms with Crippen LogP contribution in [0.5, 0.6) is 0 Å². The van der Waals surface area contributed by atoms with Gasteiger partial charge in [0, 0.05) is 31.3 Å². The molecule has 0 saturated carbocycles. The fourth-order valence-electron chi connectivity index (χ4n) is 2.89. The number of hydrogen-bond acceptors (Lipinski definition) is 5. The summed E-state index contributed by atoms with van der Waals surface area (Å²) in [4.78, 5) is 22.2. The molecule has 116 valence electrons. The van der Waals surface area contributed by atoms with Crippen LogP contribution in [0.2, 0.25) is 0 Å². The Labute approximate surface area is 129 Å². The summed E-state index contributed by atoms with van der Waals surface area (Å²) in [6.07, 6.45) is 2.19. The maximum atomic E-state index is 11.3. The molecule has 0 bridgehead atoms. The van der Waals surface area contributed by atoms with Gasteiger partial charge in [0.2, 0.25) is 5.91 Å². The van der Waals surface area contributed by atoms with E-state index >= 15 is 0 Å². The summed E-state index contributed by atoms with van der Waals surface area (Å²) < 4.78 is 0. The SMILES string of the molecule is Cc1cc2ncnc(N3CCC(O)(C(N)=O)CC3)c2cc1C. The van der Waals surface area contributed by atoms with Crippen molar-refractivity contribution in [1.82, 2.24) is 9.97 Å². The highest BCUT2D eigenvalue weighted by atomic mass is 16.3. The average Bonchev–Trinajstić information content (AvgIpc) is 2.49. The van der Waals surface area contributed by atoms with Gasteiger partial charge in [-0.05, 0) is 37.1 Å². The zero-order valence-corrected chi connectivity index (χ0v) is 12.8. The summed E-state index contributed by atoms with van der Waals surface area (Å²) in [6.45, 7) is 5.20. The lowest BCUT2D eigenvalue weighted by Gasteiger charge is -2.37. The van der Waals surface area contributed by atoms with E-state index in [9.17, 15) is 9.90 Å². The first-order chi connectivity index (χ1) is 10.4. The molecule has 1 fully saturated rings. The van der Waals surface area contributed by atoms with Crippen molar-refractivity contribution < 1.29 is 9.90 Å². The van der Waals surface area contributed by atoms with Gasteiger partial charge >= 0.3 is 0 Å². The first-order valence-corrected chi connectivity index (χ1v) is 7.40. The standard InChI is InChI=1S/C16H20N4O2/c1-10-7-12-13(8-11(10)2)18-9-19-14(12)20-5-3-16(22,4-6-20)15(17)21/h7-9,22H,3-6H2,1-2H3,(H2,17,21). The van der Waals surface area contributed by atoms with Crippen molar-refractivity contribution in [2.24, 2.45) is 5.73 Å². The Morgan fingerprint density at radius 3 is 2.50 bits per heavy atom. The monoisotopic (exact) mass is 300 g/mol. The molecule has 0 atom stereocenters. The van der Waals surface area contributed by atoms with Crippen molar-refractivity contribution in [3.63, 3.8) is 0 Å². The molecule has 1 aliphatic heterocycles. The number of benzene rings is 1. The molecule has 2 heterocycles. The van der Waals surface area contributed by atoms with E-state index < -0.39 is 11.5 Å². The molecule has 1 aromatic heterocycles. The summed E-state index contributed by atoms with van der Waals surface area (Å²) in [5.41, 5.74) is 7.17. The second-order valence-electron chi connectivity index (χ2n) is 6.03. The van der Waals surface area contributed by atoms with Gasteiger partial charge in [0.15, 0.2) is 0 Å². The third-order valence-electron chi connectivity index (χ3n) is 4.58. The van der Waals surface area contributed by atoms with Gasteiger partial charge in [-0.15, -0.1) is 0 Å². The minimum atomic E-state index is -1.40. The van der Waals surface area contributed by atoms with Crippen molar-refractivity contribution in [3.8, 4) is 0 Å². The van der Waals surface area contributed by atoms with Crippen molar-refractivity contribution in [1.29, 1.82) is 0 Å². The molecule has 6 nitrogen and oxygen atoms in total. The number of aromatic nitrogens is 2. The maximum absolute atomic E-state index is 11.3. The number of anilines is 1. The average molecular weight is 300 g/mol. The van der Waals surface area contributed by atoms with Crippen molar-refractivity contribution >= 4 is 22.6 Å². The van der Waals surface area contributed by atoms with Crippen LogP contribution >= 0.6 is 0 Å². The minimum Gasteiger partial charge on any atom is -0.380 e. The number of carbonyl (C=O) groups is 1. The van der Waals surface area contributed by atoms with Crippen LogP contribution in [0, 0.1) is 13.8 Å². The first-order valence-electron chi connectivity index (χ1n) is 7.40. The van der Waals surface area contributed by atoms with Crippen LogP contribution in [0.4, 0.5) is 5.82 Å². The lowest BCUT2D eigenvalue weighted by Crippen LogP contribution is -2.52. The fourth-order valence-corrected chi connectivity index (χ4v) is 2.89. The minimum absolute atomic E-state index is 0.318. The molecule has 1 aromatic carbocycles. The number of aliphatic hydroxyl groups is 1. The molecule has 3 N–H and O–H groups in total. The lowest BCUT2D eigenvalue weighted by atomic mass is 9.90. The molecular formula is C16H20N4O2. The second-order valence-corrected chi connectivity index (χ2v) is 6.03. The van der Waals surface area contributed by atoms with E-state index in [1.165, 1.54) is 11.1 Å². The Bertz CT molecular complexity index is 736. The van der Waals surface area contributed by atoms with Crippen molar-refractivity contribution in [2.45, 2.75) is 32.3 Å². The number of piperidine rings is 1. The van der Waals surface area contributed by atoms with Gasteiger partial charge in [0.1, 0.15) is 17.7 Å². The third-order valence-corrected chi connectivity index (χ3v) is 4.58. The topological polar surface area (TPSA) is 92.3 Å². The maximum Gasteiger partial charge on any atom is 0.249 e. The number of hydrogen-bond donors (Lipinski definition) is 2. The van der Waals surface area contributed by atoms with Crippen LogP contribution in [-0.4, -0.2) is 39.7 Å². The highest BCUT2D eigenvalue weighted by Crippen LogP contribution is 2.30. The molecule has 2 aromatic rings. The predicted molar refractivity (Wildman–Crippen MR) is 84.6 cm³/mol. The Kier molecular flexibility index (Phi) is 3.48. The van der Waals surface area contributed by atoms with Gasteiger partial charge in [-0.25, -0.2) is 9.97 Å². The number of fused-ring (bicyclic) bond motifs is 1. The van der Waals surface area contributed by atoms with Gasteiger partial charge < -0.3 is 15.7 Å². The van der Waals surface area contributed by atoms with Crippen LogP contribution in [0.3, 0.4) is 0 Å². The smallest absolute Gasteiger partial charge is 0.249 e. The molecule has 3 rings (SSSR count). The molecule has 6 heteroatoms. The number of carbonyl (C=O) groups excluding carboxylic acids is 1. The van der Waals surface area contributed by atoms with Crippen LogP contribution < -0.4 is 10.6 Å². The number of nitrogens with zero attached hydrogens (tertiary/aromatic N) is 3. The number of primary amides is 1. The van der Waals surface area contributed by atoms with E-state index in [0.717, 1.165) is 16.7 Å². The number of amides is 1. The van der Waals surface area contributed by atoms with Crippen LogP contribution in [0.1, 0.15) is 24.0 Å². The lowest BCUT2D eigenvalue weighted by molar-refractivity contribution is -0.138. The molecule has 1 amide bonds. The molecule has 0 radical (unpaired) electrons. The van der Waals surface area contributed by atoms with Gasteiger partial charge in [-0.3, -0.25) is 4.79 Å². The van der Waals surface area contributed by atoms with E-state index in [0.29, 0.717) is 25.9 Å². The summed E-state index contributed by atoms with van der Waals surface area (Å²) in [6, 6.07) is 4.15. The zero-order valence-electron chi connectivity index (χ0n) is 12.8. The van der Waals surface area contributed by atoms with Gasteiger partial charge in [0.05, 0.1) is 5.52 Å². The van der Waals surface area contributed by atoms with Crippen LogP contribution in [0.25, 0.3) is 10.9 Å². The number of aryl methyl sites for hydroxylation is 2. The highest BCUT2D eigenvalue weighted by molar-refractivity contribution is 5.91. The predicted octanol–water partition coefficient (Wildman–Crippen LogP) is 1.06. The van der Waals surface area contributed by atoms with Crippen molar-refractivity contribution in [3.05, 3.63) is 29.6 Å². The summed E-state index contributed by atoms with van der Waals surface area (Å²) >= 11 is 0. The van der Waals surface area contributed by atoms with Gasteiger partial charge in [0.25, 0.3) is 0 Å². The van der Waals surface area contributed by atoms with Crippen LogP contribution in [-0.2, 0) is 4.79 Å². The number of rotatable bonds is 2. The molecular weight excluding hydrogens is 280 g/mol. The molecule has 0 spiro atoms. The van der Waals surface area contributed by atoms with E-state index in [2.05, 4.69) is 40.8 Å². The van der Waals surface area contributed by atoms with Gasteiger partial charge in [-0.2, -0.15) is 0 Å². The quantitative estimate of drug-likeness (QED) is 0.865. The number of nitrogens with two attached hydrogens (primary N) is 1. The molecule has 1 saturated heterocycles. The Morgan fingerprint density at radius 1 is 1.23 bits per heavy atom. The second kappa shape index (κ2) is 5.21. The van der Waals surface area contributed by atoms with Crippen molar-refractivity contribution in [2.75, 3.05) is 18.0 Å². The first kappa shape index (κ1) is 14.7. The molecule has 0 aliphatic carbocycles. The summed E-state index contributed by atoms with van der Waals surface area (Å²) in [5.74, 6) is 0.200. The highest BCUT2D eigenvalue weighted by Gasteiger charge is 2.38. The Balaban J connectivity index is 1.95. The van der Waals surface area contributed by atoms with Crippen LogP contribution in [0.15, 0.2) is 18.5 Å². The van der Waals surface area contributed by atoms with Gasteiger partial charge in [-0.1, -0.05) is 0 Å².